The van der Waals surface area contributed by atoms with E-state index in [1.807, 2.05) is 6.07 Å². The summed E-state index contributed by atoms with van der Waals surface area (Å²) in [4.78, 5) is 0.171. The van der Waals surface area contributed by atoms with Crippen molar-refractivity contribution in [3.63, 3.8) is 0 Å². The fourth-order valence-corrected chi connectivity index (χ4v) is 2.22. The molecular weight excluding hydrogens is 297 g/mol. The lowest BCUT2D eigenvalue weighted by molar-refractivity contribution is -0.0328. The van der Waals surface area contributed by atoms with Crippen molar-refractivity contribution < 1.29 is 13.2 Å². The van der Waals surface area contributed by atoms with Crippen LogP contribution in [0.5, 0.6) is 0 Å². The first-order valence-electron chi connectivity index (χ1n) is 6.05. The van der Waals surface area contributed by atoms with Gasteiger partial charge in [0.1, 0.15) is 0 Å². The van der Waals surface area contributed by atoms with Crippen LogP contribution in [-0.4, -0.2) is 5.51 Å². The molecule has 2 aromatic carbocycles. The van der Waals surface area contributed by atoms with Crippen LogP contribution >= 0.6 is 11.8 Å². The van der Waals surface area contributed by atoms with Gasteiger partial charge in [0.2, 0.25) is 0 Å². The number of anilines is 1. The van der Waals surface area contributed by atoms with Gasteiger partial charge in [0, 0.05) is 17.1 Å². The highest BCUT2D eigenvalue weighted by Crippen LogP contribution is 2.36. The maximum atomic E-state index is 12.2. The summed E-state index contributed by atoms with van der Waals surface area (Å²) in [6.45, 7) is 0.503. The van der Waals surface area contributed by atoms with E-state index < -0.39 is 5.51 Å². The molecule has 0 radical (unpaired) electrons. The number of halogens is 3. The number of nitrogens with zero attached hydrogens (tertiary/aromatic N) is 1. The minimum absolute atomic E-state index is 0.123. The van der Waals surface area contributed by atoms with Crippen LogP contribution in [0.3, 0.4) is 0 Å². The maximum Gasteiger partial charge on any atom is 0.446 e. The van der Waals surface area contributed by atoms with Crippen LogP contribution < -0.4 is 5.32 Å². The predicted molar refractivity (Wildman–Crippen MR) is 76.8 cm³/mol. The van der Waals surface area contributed by atoms with E-state index >= 15 is 0 Å². The molecule has 0 saturated heterocycles. The first-order valence-corrected chi connectivity index (χ1v) is 6.87. The van der Waals surface area contributed by atoms with E-state index in [4.69, 9.17) is 5.26 Å². The highest BCUT2D eigenvalue weighted by molar-refractivity contribution is 8.00. The highest BCUT2D eigenvalue weighted by Gasteiger charge is 2.28. The molecule has 0 atom stereocenters. The van der Waals surface area contributed by atoms with Gasteiger partial charge in [0.25, 0.3) is 0 Å². The van der Waals surface area contributed by atoms with Gasteiger partial charge >= 0.3 is 5.51 Å². The lowest BCUT2D eigenvalue weighted by Crippen LogP contribution is -2.00. The van der Waals surface area contributed by atoms with Crippen LogP contribution in [0.1, 0.15) is 11.1 Å². The summed E-state index contributed by atoms with van der Waals surface area (Å²) in [6.07, 6.45) is 0. The summed E-state index contributed by atoms with van der Waals surface area (Å²) in [5.41, 5.74) is -1.95. The van der Waals surface area contributed by atoms with Crippen molar-refractivity contribution in [3.8, 4) is 6.07 Å². The third-order valence-corrected chi connectivity index (χ3v) is 3.41. The van der Waals surface area contributed by atoms with Crippen molar-refractivity contribution in [2.45, 2.75) is 16.9 Å². The number of thioether (sulfide) groups is 1. The van der Waals surface area contributed by atoms with Gasteiger partial charge < -0.3 is 5.32 Å². The molecule has 0 aliphatic rings. The zero-order chi connectivity index (χ0) is 15.3. The summed E-state index contributed by atoms with van der Waals surface area (Å²) in [5.74, 6) is 0. The van der Waals surface area contributed by atoms with Crippen LogP contribution in [0, 0.1) is 11.3 Å². The molecule has 1 N–H and O–H groups in total. The first-order chi connectivity index (χ1) is 9.96. The lowest BCUT2D eigenvalue weighted by Gasteiger charge is -2.08. The summed E-state index contributed by atoms with van der Waals surface area (Å²) < 4.78 is 36.6. The molecule has 0 aliphatic heterocycles. The van der Waals surface area contributed by atoms with Crippen molar-refractivity contribution in [2.24, 2.45) is 0 Å². The fourth-order valence-electron chi connectivity index (χ4n) is 1.68. The Labute approximate surface area is 124 Å². The van der Waals surface area contributed by atoms with Crippen molar-refractivity contribution in [1.82, 2.24) is 0 Å². The van der Waals surface area contributed by atoms with Crippen LogP contribution in [-0.2, 0) is 6.54 Å². The number of nitriles is 1. The Hall–Kier alpha value is -2.13. The molecule has 0 aromatic heterocycles. The van der Waals surface area contributed by atoms with Gasteiger partial charge in [-0.25, -0.2) is 0 Å². The van der Waals surface area contributed by atoms with Crippen LogP contribution in [0.4, 0.5) is 18.9 Å². The number of hydrogen-bond acceptors (Lipinski definition) is 3. The van der Waals surface area contributed by atoms with E-state index in [1.54, 1.807) is 36.4 Å². The Morgan fingerprint density at radius 3 is 2.14 bits per heavy atom. The molecule has 0 spiro atoms. The van der Waals surface area contributed by atoms with Gasteiger partial charge in [-0.15, -0.1) is 0 Å². The first kappa shape index (κ1) is 15.3. The van der Waals surface area contributed by atoms with Crippen molar-refractivity contribution in [3.05, 3.63) is 59.7 Å². The molecule has 0 unspecified atom stereocenters. The second-order valence-corrected chi connectivity index (χ2v) is 5.37. The summed E-state index contributed by atoms with van der Waals surface area (Å²) >= 11 is -0.123. The lowest BCUT2D eigenvalue weighted by atomic mass is 10.2. The smallest absolute Gasteiger partial charge is 0.381 e. The average Bonchev–Trinajstić information content (AvgIpc) is 2.45. The van der Waals surface area contributed by atoms with Crippen molar-refractivity contribution in [2.75, 3.05) is 5.32 Å². The fraction of sp³-hybridized carbons (Fsp3) is 0.133. The molecule has 0 fully saturated rings. The Balaban J connectivity index is 1.92. The monoisotopic (exact) mass is 308 g/mol. The van der Waals surface area contributed by atoms with Crippen LogP contribution in [0.15, 0.2) is 53.4 Å². The largest absolute Gasteiger partial charge is 0.446 e. The number of benzene rings is 2. The zero-order valence-electron chi connectivity index (χ0n) is 10.8. The quantitative estimate of drug-likeness (QED) is 0.825. The molecule has 6 heteroatoms. The highest BCUT2D eigenvalue weighted by atomic mass is 32.2. The van der Waals surface area contributed by atoms with Crippen molar-refractivity contribution in [1.29, 1.82) is 5.26 Å². The van der Waals surface area contributed by atoms with Gasteiger partial charge in [-0.05, 0) is 53.7 Å². The molecule has 2 rings (SSSR count). The van der Waals surface area contributed by atoms with E-state index in [0.717, 1.165) is 11.3 Å². The molecule has 2 nitrogen and oxygen atoms in total. The summed E-state index contributed by atoms with van der Waals surface area (Å²) in [7, 11) is 0. The number of alkyl halides is 3. The summed E-state index contributed by atoms with van der Waals surface area (Å²) in [6, 6.07) is 15.2. The Morgan fingerprint density at radius 2 is 1.62 bits per heavy atom. The van der Waals surface area contributed by atoms with Gasteiger partial charge in [0.05, 0.1) is 11.6 Å². The molecule has 0 saturated carbocycles. The van der Waals surface area contributed by atoms with Crippen LogP contribution in [0.25, 0.3) is 0 Å². The molecule has 2 aromatic rings. The Bertz CT molecular complexity index is 628. The third-order valence-electron chi connectivity index (χ3n) is 2.67. The van der Waals surface area contributed by atoms with Gasteiger partial charge in [-0.3, -0.25) is 0 Å². The van der Waals surface area contributed by atoms with E-state index in [1.165, 1.54) is 12.1 Å². The second-order valence-electron chi connectivity index (χ2n) is 4.23. The molecule has 108 valence electrons. The SMILES string of the molecule is N#Cc1ccc(NCc2ccc(SC(F)(F)F)cc2)cc1. The van der Waals surface area contributed by atoms with Gasteiger partial charge in [0.15, 0.2) is 0 Å². The van der Waals surface area contributed by atoms with Crippen molar-refractivity contribution >= 4 is 17.4 Å². The minimum Gasteiger partial charge on any atom is -0.381 e. The average molecular weight is 308 g/mol. The minimum atomic E-state index is -4.26. The van der Waals surface area contributed by atoms with Gasteiger partial charge in [-0.2, -0.15) is 18.4 Å². The van der Waals surface area contributed by atoms with Gasteiger partial charge in [-0.1, -0.05) is 12.1 Å². The molecule has 0 heterocycles. The molecule has 21 heavy (non-hydrogen) atoms. The van der Waals surface area contributed by atoms with Crippen LogP contribution in [0.2, 0.25) is 0 Å². The molecule has 0 aliphatic carbocycles. The third kappa shape index (κ3) is 5.04. The summed E-state index contributed by atoms with van der Waals surface area (Å²) in [5, 5.41) is 11.8. The van der Waals surface area contributed by atoms with E-state index in [2.05, 4.69) is 5.32 Å². The Kier molecular flexibility index (Phi) is 4.76. The number of hydrogen-bond donors (Lipinski definition) is 1. The second kappa shape index (κ2) is 6.55. The number of nitrogens with one attached hydrogen (secondary N) is 1. The maximum absolute atomic E-state index is 12.2. The molecule has 0 bridgehead atoms. The standard InChI is InChI=1S/C15H11F3N2S/c16-15(17,18)21-14-7-3-12(4-8-14)10-20-13-5-1-11(9-19)2-6-13/h1-8,20H,10H2. The molecular formula is C15H11F3N2S. The zero-order valence-corrected chi connectivity index (χ0v) is 11.6. The normalized spacial score (nSPS) is 11.0. The Morgan fingerprint density at radius 1 is 1.00 bits per heavy atom. The number of rotatable bonds is 4. The van der Waals surface area contributed by atoms with E-state index in [0.29, 0.717) is 12.1 Å². The topological polar surface area (TPSA) is 35.8 Å². The predicted octanol–water partition coefficient (Wildman–Crippen LogP) is 4.78. The molecule has 0 amide bonds. The van der Waals surface area contributed by atoms with E-state index in [-0.39, 0.29) is 16.7 Å². The van der Waals surface area contributed by atoms with E-state index in [9.17, 15) is 13.2 Å².